The molecule has 1 aromatic heterocycles. The topological polar surface area (TPSA) is 42.8 Å². The Kier molecular flexibility index (Phi) is 4.64. The fraction of sp³-hybridized carbons (Fsp3) is 0.571. The second-order valence-corrected chi connectivity index (χ2v) is 8.61. The van der Waals surface area contributed by atoms with Crippen LogP contribution >= 0.6 is 15.9 Å². The van der Waals surface area contributed by atoms with Crippen LogP contribution in [0.4, 0.5) is 0 Å². The first-order valence-corrected chi connectivity index (χ1v) is 10.4. The van der Waals surface area contributed by atoms with Crippen LogP contribution in [0.2, 0.25) is 0 Å². The summed E-state index contributed by atoms with van der Waals surface area (Å²) in [6.07, 6.45) is 5.22. The van der Waals surface area contributed by atoms with Crippen molar-refractivity contribution in [1.29, 1.82) is 5.26 Å². The number of nitrogens with one attached hydrogen (secondary N) is 1. The standard InChI is InChI=1S/C21H26BrN3/c1-3-7-25-12-13(5-6-23)8-15-16-9-14(22)10-19-21(16)17(11-20(15)25)18(4-2)24-19/h9-10,13,15,20,24H,3-5,7-8,11-12H2,1-2H3/t13-,15-,20-/m1/s1. The molecule has 4 rings (SSSR count). The van der Waals surface area contributed by atoms with Crippen molar-refractivity contribution in [3.63, 3.8) is 0 Å². The van der Waals surface area contributed by atoms with Crippen molar-refractivity contribution in [3.05, 3.63) is 33.4 Å². The summed E-state index contributed by atoms with van der Waals surface area (Å²) in [4.78, 5) is 6.36. The van der Waals surface area contributed by atoms with Gasteiger partial charge >= 0.3 is 0 Å². The average molecular weight is 400 g/mol. The van der Waals surface area contributed by atoms with E-state index in [9.17, 15) is 5.26 Å². The van der Waals surface area contributed by atoms with E-state index < -0.39 is 0 Å². The molecule has 1 aliphatic carbocycles. The number of aromatic amines is 1. The second-order valence-electron chi connectivity index (χ2n) is 7.69. The highest BCUT2D eigenvalue weighted by atomic mass is 79.9. The summed E-state index contributed by atoms with van der Waals surface area (Å²) in [5, 5.41) is 10.7. The molecular weight excluding hydrogens is 374 g/mol. The van der Waals surface area contributed by atoms with Gasteiger partial charge in [-0.3, -0.25) is 4.90 Å². The quantitative estimate of drug-likeness (QED) is 0.772. The zero-order valence-corrected chi connectivity index (χ0v) is 16.7. The van der Waals surface area contributed by atoms with Crippen molar-refractivity contribution < 1.29 is 0 Å². The van der Waals surface area contributed by atoms with Gasteiger partial charge in [0.1, 0.15) is 0 Å². The van der Waals surface area contributed by atoms with E-state index in [2.05, 4.69) is 57.9 Å². The van der Waals surface area contributed by atoms with E-state index in [-0.39, 0.29) is 0 Å². The first-order valence-electron chi connectivity index (χ1n) is 9.60. The fourth-order valence-corrected chi connectivity index (χ4v) is 5.70. The Bertz CT molecular complexity index is 832. The van der Waals surface area contributed by atoms with E-state index >= 15 is 0 Å². The molecule has 1 N–H and O–H groups in total. The Morgan fingerprint density at radius 3 is 2.92 bits per heavy atom. The van der Waals surface area contributed by atoms with Gasteiger partial charge < -0.3 is 4.98 Å². The highest BCUT2D eigenvalue weighted by Gasteiger charge is 2.41. The van der Waals surface area contributed by atoms with Gasteiger partial charge in [0, 0.05) is 46.0 Å². The summed E-state index contributed by atoms with van der Waals surface area (Å²) in [5.74, 6) is 1.05. The van der Waals surface area contributed by atoms with E-state index in [4.69, 9.17) is 0 Å². The van der Waals surface area contributed by atoms with Crippen LogP contribution in [-0.2, 0) is 12.8 Å². The number of piperidine rings is 1. The van der Waals surface area contributed by atoms with Crippen molar-refractivity contribution in [2.75, 3.05) is 13.1 Å². The van der Waals surface area contributed by atoms with E-state index in [1.54, 1.807) is 5.56 Å². The van der Waals surface area contributed by atoms with Gasteiger partial charge in [-0.05, 0) is 61.4 Å². The van der Waals surface area contributed by atoms with Gasteiger partial charge in [-0.2, -0.15) is 5.26 Å². The third-order valence-electron chi connectivity index (χ3n) is 6.16. The minimum atomic E-state index is 0.498. The lowest BCUT2D eigenvalue weighted by Gasteiger charge is -2.47. The van der Waals surface area contributed by atoms with Gasteiger partial charge in [0.2, 0.25) is 0 Å². The van der Waals surface area contributed by atoms with Gasteiger partial charge in [0.05, 0.1) is 6.07 Å². The molecule has 132 valence electrons. The molecule has 1 fully saturated rings. The first-order chi connectivity index (χ1) is 12.2. The number of aromatic nitrogens is 1. The summed E-state index contributed by atoms with van der Waals surface area (Å²) in [7, 11) is 0. The third-order valence-corrected chi connectivity index (χ3v) is 6.61. The lowest BCUT2D eigenvalue weighted by Crippen LogP contribution is -2.50. The summed E-state index contributed by atoms with van der Waals surface area (Å²) in [6.45, 7) is 6.74. The van der Waals surface area contributed by atoms with Crippen molar-refractivity contribution >= 4 is 26.8 Å². The Morgan fingerprint density at radius 1 is 1.36 bits per heavy atom. The first kappa shape index (κ1) is 17.1. The summed E-state index contributed by atoms with van der Waals surface area (Å²) >= 11 is 3.73. The maximum atomic E-state index is 9.24. The fourth-order valence-electron chi connectivity index (χ4n) is 5.22. The molecular formula is C21H26BrN3. The molecule has 0 amide bonds. The van der Waals surface area contributed by atoms with Crippen molar-refractivity contribution in [1.82, 2.24) is 9.88 Å². The van der Waals surface area contributed by atoms with Gasteiger partial charge in [-0.25, -0.2) is 0 Å². The number of nitriles is 1. The monoisotopic (exact) mass is 399 g/mol. The molecule has 1 saturated heterocycles. The zero-order valence-electron chi connectivity index (χ0n) is 15.1. The molecule has 2 aliphatic rings. The molecule has 1 aromatic carbocycles. The van der Waals surface area contributed by atoms with Crippen LogP contribution < -0.4 is 0 Å². The molecule has 0 spiro atoms. The Hall–Kier alpha value is -1.31. The van der Waals surface area contributed by atoms with E-state index in [1.165, 1.54) is 28.6 Å². The molecule has 0 unspecified atom stereocenters. The average Bonchev–Trinajstić information content (AvgIpc) is 2.94. The number of hydrogen-bond donors (Lipinski definition) is 1. The minimum Gasteiger partial charge on any atom is -0.358 e. The predicted molar refractivity (Wildman–Crippen MR) is 106 cm³/mol. The van der Waals surface area contributed by atoms with Crippen LogP contribution in [-0.4, -0.2) is 29.0 Å². The van der Waals surface area contributed by atoms with Crippen LogP contribution in [0.5, 0.6) is 0 Å². The third kappa shape index (κ3) is 2.82. The molecule has 1 aliphatic heterocycles. The summed E-state index contributed by atoms with van der Waals surface area (Å²) < 4.78 is 1.16. The second kappa shape index (κ2) is 6.78. The number of nitrogens with zero attached hydrogens (tertiary/aromatic N) is 2. The molecule has 3 atom stereocenters. The number of fused-ring (bicyclic) bond motifs is 2. The molecule has 4 heteroatoms. The van der Waals surface area contributed by atoms with E-state index in [0.717, 1.165) is 36.8 Å². The molecule has 0 saturated carbocycles. The molecule has 2 aromatic rings. The van der Waals surface area contributed by atoms with Crippen LogP contribution in [0.15, 0.2) is 16.6 Å². The SMILES string of the molecule is CCCN1C[C@H](CC#N)C[C@@H]2c3cc(Br)cc4[nH]c(CC)c(c34)C[C@H]21. The lowest BCUT2D eigenvalue weighted by molar-refractivity contribution is 0.0860. The smallest absolute Gasteiger partial charge is 0.0625 e. The van der Waals surface area contributed by atoms with Gasteiger partial charge in [0.25, 0.3) is 0 Å². The highest BCUT2D eigenvalue weighted by Crippen LogP contribution is 2.47. The van der Waals surface area contributed by atoms with Crippen LogP contribution in [0, 0.1) is 17.2 Å². The molecule has 0 bridgehead atoms. The predicted octanol–water partition coefficient (Wildman–Crippen LogP) is 5.15. The van der Waals surface area contributed by atoms with Gasteiger partial charge in [-0.15, -0.1) is 0 Å². The largest absolute Gasteiger partial charge is 0.358 e. The Balaban J connectivity index is 1.85. The minimum absolute atomic E-state index is 0.498. The molecule has 3 nitrogen and oxygen atoms in total. The van der Waals surface area contributed by atoms with Crippen molar-refractivity contribution in [3.8, 4) is 6.07 Å². The highest BCUT2D eigenvalue weighted by molar-refractivity contribution is 9.10. The van der Waals surface area contributed by atoms with Crippen LogP contribution in [0.1, 0.15) is 55.8 Å². The van der Waals surface area contributed by atoms with Crippen LogP contribution in [0.3, 0.4) is 0 Å². The number of halogens is 1. The van der Waals surface area contributed by atoms with Crippen LogP contribution in [0.25, 0.3) is 10.9 Å². The number of rotatable bonds is 4. The molecule has 25 heavy (non-hydrogen) atoms. The Morgan fingerprint density at radius 2 is 2.20 bits per heavy atom. The number of aryl methyl sites for hydroxylation is 1. The summed E-state index contributed by atoms with van der Waals surface area (Å²) in [5.41, 5.74) is 5.72. The maximum Gasteiger partial charge on any atom is 0.0625 e. The Labute approximate surface area is 158 Å². The molecule has 0 radical (unpaired) electrons. The lowest BCUT2D eigenvalue weighted by atomic mass is 9.71. The van der Waals surface area contributed by atoms with Gasteiger partial charge in [-0.1, -0.05) is 29.8 Å². The number of benzene rings is 1. The summed E-state index contributed by atoms with van der Waals surface area (Å²) in [6, 6.07) is 7.57. The van der Waals surface area contributed by atoms with E-state index in [1.807, 2.05) is 0 Å². The van der Waals surface area contributed by atoms with Gasteiger partial charge in [0.15, 0.2) is 0 Å². The maximum absolute atomic E-state index is 9.24. The molecule has 2 heterocycles. The van der Waals surface area contributed by atoms with Crippen molar-refractivity contribution in [2.24, 2.45) is 5.92 Å². The number of likely N-dealkylation sites (tertiary alicyclic amines) is 1. The van der Waals surface area contributed by atoms with Crippen molar-refractivity contribution in [2.45, 2.75) is 57.9 Å². The number of hydrogen-bond acceptors (Lipinski definition) is 2. The zero-order chi connectivity index (χ0) is 17.6. The number of H-pyrrole nitrogens is 1. The normalized spacial score (nSPS) is 25.8. The van der Waals surface area contributed by atoms with E-state index in [0.29, 0.717) is 24.3 Å².